The first-order valence-corrected chi connectivity index (χ1v) is 22.1. The average molecular weight is 821 g/mol. The number of hydrogen-bond acceptors (Lipinski definition) is 18. The van der Waals surface area contributed by atoms with Crippen molar-refractivity contribution in [2.75, 3.05) is 24.7 Å². The molecule has 288 valence electrons. The maximum atomic E-state index is 12.8. The van der Waals surface area contributed by atoms with E-state index in [4.69, 9.17) is 23.3 Å². The zero-order valence-corrected chi connectivity index (χ0v) is 32.1. The van der Waals surface area contributed by atoms with Crippen LogP contribution in [-0.4, -0.2) is 63.5 Å². The Balaban J connectivity index is 1.07. The van der Waals surface area contributed by atoms with Crippen LogP contribution < -0.4 is 24.5 Å². The number of rotatable bonds is 16. The van der Waals surface area contributed by atoms with E-state index in [1.54, 1.807) is 28.8 Å². The number of ether oxygens (including phenoxy) is 3. The molecule has 18 nitrogen and oxygen atoms in total. The van der Waals surface area contributed by atoms with Crippen LogP contribution in [0.4, 0.5) is 5.82 Å². The molecule has 0 saturated carbocycles. The highest BCUT2D eigenvalue weighted by molar-refractivity contribution is 7.98. The molecule has 0 bridgehead atoms. The maximum Gasteiger partial charge on any atom is 0.326 e. The predicted molar refractivity (Wildman–Crippen MR) is 189 cm³/mol. The highest BCUT2D eigenvalue weighted by Crippen LogP contribution is 2.63. The van der Waals surface area contributed by atoms with Gasteiger partial charge in [0.25, 0.3) is 15.6 Å². The molecule has 54 heavy (non-hydrogen) atoms. The number of imidazole rings is 1. The number of aromatic nitrogens is 4. The largest absolute Gasteiger partial charge is 0.756 e. The average Bonchev–Trinajstić information content (AvgIpc) is 3.82. The Kier molecular flexibility index (Phi) is 11.6. The lowest BCUT2D eigenvalue weighted by Crippen LogP contribution is -2.32. The lowest BCUT2D eigenvalue weighted by Gasteiger charge is -2.34. The molecule has 1 N–H and O–H groups in total. The van der Waals surface area contributed by atoms with Gasteiger partial charge in [0.1, 0.15) is 24.1 Å². The Hall–Kier alpha value is -3.25. The Labute approximate surface area is 312 Å². The number of hydrogen-bond donors (Lipinski definition) is 1. The Morgan fingerprint density at radius 2 is 1.59 bits per heavy atom. The lowest BCUT2D eigenvalue weighted by molar-refractivity contribution is -0.249. The van der Waals surface area contributed by atoms with Crippen LogP contribution in [0.2, 0.25) is 0 Å². The fourth-order valence-corrected chi connectivity index (χ4v) is 9.75. The topological polar surface area (TPSA) is 241 Å². The SMILES string of the molecule is CCCNc1nc(SC)nc2c1ncn2[C@@H]1O[C@H](COP(=O)([O-])OP(=O)([O-])OP(=O)([O-])Oc2ccc3ccccc3c2)C2OC(Cc3ccccc3)O[C@@H]21. The Bertz CT molecular complexity index is 2270. The summed E-state index contributed by atoms with van der Waals surface area (Å²) in [6.07, 6.45) is -0.156. The molecule has 7 rings (SSSR count). The van der Waals surface area contributed by atoms with Gasteiger partial charge in [0.15, 0.2) is 34.7 Å². The highest BCUT2D eigenvalue weighted by atomic mass is 32.2. The molecule has 0 spiro atoms. The van der Waals surface area contributed by atoms with Crippen LogP contribution in [0.25, 0.3) is 21.9 Å². The number of phosphoric ester groups is 2. The Morgan fingerprint density at radius 1 is 0.870 bits per heavy atom. The third kappa shape index (κ3) is 9.06. The minimum absolute atomic E-state index is 0.282. The second kappa shape index (κ2) is 16.1. The minimum atomic E-state index is -6.14. The van der Waals surface area contributed by atoms with Gasteiger partial charge in [0, 0.05) is 13.0 Å². The van der Waals surface area contributed by atoms with Gasteiger partial charge in [-0.15, -0.1) is 0 Å². The van der Waals surface area contributed by atoms with E-state index in [-0.39, 0.29) is 5.75 Å². The normalized spacial score (nSPS) is 24.5. The van der Waals surface area contributed by atoms with Gasteiger partial charge in [-0.05, 0) is 41.1 Å². The summed E-state index contributed by atoms with van der Waals surface area (Å²) < 4.78 is 75.9. The Morgan fingerprint density at radius 3 is 2.35 bits per heavy atom. The van der Waals surface area contributed by atoms with Crippen molar-refractivity contribution in [3.8, 4) is 5.75 Å². The van der Waals surface area contributed by atoms with Crippen LogP contribution in [0.3, 0.4) is 0 Å². The molecule has 2 aromatic heterocycles. The molecule has 2 fully saturated rings. The monoisotopic (exact) mass is 820 g/mol. The maximum absolute atomic E-state index is 12.8. The molecular formula is C32H33N5O13P3S-3. The standard InChI is InChI=1S/C32H36N5O13P3S/c1-3-15-33-29-26-30(36-32(35-29)54-2)37(19-34-26)31-28-27(46-25(47-28)16-20-9-5-4-6-10-20)24(45-31)18-44-51(38,39)49-53(42,43)50-52(40,41)48-23-14-13-21-11-7-8-12-22(21)17-23/h4-14,17,19,24-25,27-28,31H,3,15-16,18H2,1-2H3,(H,38,39)(H,40,41)(H,42,43)(H,33,35,36)/p-3/t24-,25?,27?,28+,31-/m1/s1. The van der Waals surface area contributed by atoms with Crippen molar-refractivity contribution >= 4 is 63.0 Å². The molecule has 0 amide bonds. The van der Waals surface area contributed by atoms with Crippen molar-refractivity contribution in [2.24, 2.45) is 0 Å². The molecule has 0 radical (unpaired) electrons. The molecule has 5 unspecified atom stereocenters. The molecule has 3 aromatic carbocycles. The first-order chi connectivity index (χ1) is 25.8. The summed E-state index contributed by atoms with van der Waals surface area (Å²) in [7, 11) is -17.7. The third-order valence-electron chi connectivity index (χ3n) is 8.28. The molecule has 2 aliphatic rings. The van der Waals surface area contributed by atoms with Crippen LogP contribution >= 0.6 is 35.2 Å². The molecular weight excluding hydrogens is 787 g/mol. The van der Waals surface area contributed by atoms with E-state index in [1.807, 2.05) is 43.5 Å². The van der Waals surface area contributed by atoms with E-state index in [0.717, 1.165) is 17.4 Å². The van der Waals surface area contributed by atoms with E-state index in [2.05, 4.69) is 28.9 Å². The van der Waals surface area contributed by atoms with Crippen molar-refractivity contribution in [2.45, 2.75) is 55.8 Å². The third-order valence-corrected chi connectivity index (χ3v) is 12.9. The van der Waals surface area contributed by atoms with E-state index >= 15 is 0 Å². The number of nitrogens with one attached hydrogen (secondary N) is 1. The van der Waals surface area contributed by atoms with Crippen molar-refractivity contribution in [1.82, 2.24) is 19.5 Å². The van der Waals surface area contributed by atoms with Crippen LogP contribution in [0.1, 0.15) is 25.1 Å². The van der Waals surface area contributed by atoms with Gasteiger partial charge in [-0.1, -0.05) is 79.3 Å². The number of nitrogens with zero attached hydrogens (tertiary/aromatic N) is 4. The summed E-state index contributed by atoms with van der Waals surface area (Å²) in [6.45, 7) is 1.83. The smallest absolute Gasteiger partial charge is 0.326 e. The second-order valence-electron chi connectivity index (χ2n) is 12.1. The zero-order chi connectivity index (χ0) is 38.1. The number of anilines is 1. The number of fused-ring (bicyclic) bond motifs is 3. The van der Waals surface area contributed by atoms with E-state index in [1.165, 1.54) is 36.3 Å². The van der Waals surface area contributed by atoms with Crippen LogP contribution in [-0.2, 0) is 47.5 Å². The fourth-order valence-electron chi connectivity index (χ4n) is 6.02. The van der Waals surface area contributed by atoms with Gasteiger partial charge in [-0.25, -0.2) is 23.6 Å². The van der Waals surface area contributed by atoms with Crippen molar-refractivity contribution in [1.29, 1.82) is 0 Å². The van der Waals surface area contributed by atoms with Gasteiger partial charge in [-0.3, -0.25) is 18.3 Å². The second-order valence-corrected chi connectivity index (χ2v) is 17.3. The lowest BCUT2D eigenvalue weighted by atomic mass is 10.1. The fraction of sp³-hybridized carbons (Fsp3) is 0.344. The molecule has 0 aliphatic carbocycles. The van der Waals surface area contributed by atoms with Gasteiger partial charge >= 0.3 is 7.82 Å². The quantitative estimate of drug-likeness (QED) is 0.0828. The van der Waals surface area contributed by atoms with Crippen LogP contribution in [0.5, 0.6) is 5.75 Å². The van der Waals surface area contributed by atoms with E-state index < -0.39 is 60.9 Å². The van der Waals surface area contributed by atoms with E-state index in [0.29, 0.717) is 40.5 Å². The molecule has 5 aromatic rings. The molecule has 22 heteroatoms. The van der Waals surface area contributed by atoms with E-state index in [9.17, 15) is 28.4 Å². The molecule has 2 saturated heterocycles. The summed E-state index contributed by atoms with van der Waals surface area (Å²) in [6, 6.07) is 20.4. The number of benzene rings is 3. The molecule has 8 atom stereocenters. The van der Waals surface area contributed by atoms with Crippen molar-refractivity contribution < 1.29 is 60.3 Å². The van der Waals surface area contributed by atoms with Crippen molar-refractivity contribution in [3.05, 3.63) is 84.7 Å². The number of phosphoric acid groups is 3. The first-order valence-electron chi connectivity index (χ1n) is 16.5. The van der Waals surface area contributed by atoms with Gasteiger partial charge in [0.05, 0.1) is 12.9 Å². The summed E-state index contributed by atoms with van der Waals surface area (Å²) in [4.78, 5) is 51.5. The predicted octanol–water partition coefficient (Wildman–Crippen LogP) is 4.31. The summed E-state index contributed by atoms with van der Waals surface area (Å²) in [5.74, 6) is 0.236. The van der Waals surface area contributed by atoms with Gasteiger partial charge in [0.2, 0.25) is 0 Å². The molecule has 4 heterocycles. The minimum Gasteiger partial charge on any atom is -0.756 e. The summed E-state index contributed by atoms with van der Waals surface area (Å²) in [5, 5.41) is 5.05. The number of thioether (sulfide) groups is 1. The summed E-state index contributed by atoms with van der Waals surface area (Å²) >= 11 is 1.32. The van der Waals surface area contributed by atoms with Gasteiger partial charge < -0.3 is 43.3 Å². The highest BCUT2D eigenvalue weighted by Gasteiger charge is 2.54. The van der Waals surface area contributed by atoms with Gasteiger partial charge in [-0.2, -0.15) is 0 Å². The van der Waals surface area contributed by atoms with Crippen LogP contribution in [0, 0.1) is 0 Å². The summed E-state index contributed by atoms with van der Waals surface area (Å²) in [5.41, 5.74) is 1.78. The van der Waals surface area contributed by atoms with Crippen molar-refractivity contribution in [3.63, 3.8) is 0 Å². The first kappa shape index (κ1) is 39.0. The molecule has 2 aliphatic heterocycles. The van der Waals surface area contributed by atoms with Crippen LogP contribution in [0.15, 0.2) is 84.3 Å². The zero-order valence-electron chi connectivity index (χ0n) is 28.6.